The first kappa shape index (κ1) is 18.1. The lowest BCUT2D eigenvalue weighted by Gasteiger charge is -2.22. The normalized spacial score (nSPS) is 15.8. The second-order valence-corrected chi connectivity index (χ2v) is 7.86. The molecule has 0 amide bonds. The summed E-state index contributed by atoms with van der Waals surface area (Å²) in [6.45, 7) is 8.82. The maximum atomic E-state index is 12.9. The average molecular weight is 322 g/mol. The Kier molecular flexibility index (Phi) is 5.55. The van der Waals surface area contributed by atoms with E-state index in [1.54, 1.807) is 40.7 Å². The van der Waals surface area contributed by atoms with E-state index in [1.165, 1.54) is 0 Å². The fraction of sp³-hybridized carbons (Fsp3) is 0.643. The summed E-state index contributed by atoms with van der Waals surface area (Å²) in [6, 6.07) is 2.14. The van der Waals surface area contributed by atoms with Gasteiger partial charge in [-0.2, -0.15) is 13.2 Å². The summed E-state index contributed by atoms with van der Waals surface area (Å²) in [6.07, 6.45) is -4.00. The summed E-state index contributed by atoms with van der Waals surface area (Å²) in [5, 5.41) is 0. The third-order valence-electron chi connectivity index (χ3n) is 2.89. The Hall–Kier alpha value is -0.950. The lowest BCUT2D eigenvalue weighted by Crippen LogP contribution is -2.35. The van der Waals surface area contributed by atoms with Gasteiger partial charge in [0.25, 0.3) is 0 Å². The van der Waals surface area contributed by atoms with Crippen molar-refractivity contribution in [3.05, 3.63) is 29.1 Å². The van der Waals surface area contributed by atoms with Gasteiger partial charge in [0.05, 0.1) is 27.5 Å². The Balaban J connectivity index is 3.09. The van der Waals surface area contributed by atoms with Crippen LogP contribution in [0.5, 0.6) is 0 Å². The molecular weight excluding hydrogens is 301 g/mol. The molecule has 1 aromatic rings. The maximum absolute atomic E-state index is 12.9. The molecule has 0 saturated carbocycles. The van der Waals surface area contributed by atoms with E-state index in [0.29, 0.717) is 12.0 Å². The molecule has 120 valence electrons. The molecule has 1 N–H and O–H groups in total. The molecule has 21 heavy (non-hydrogen) atoms. The van der Waals surface area contributed by atoms with Gasteiger partial charge in [-0.25, -0.2) is 13.9 Å². The number of pyridine rings is 1. The Labute approximate surface area is 125 Å². The molecule has 1 rings (SSSR count). The van der Waals surface area contributed by atoms with E-state index >= 15 is 0 Å². The molecule has 1 unspecified atom stereocenters. The molecule has 0 spiro atoms. The number of alkyl halides is 3. The van der Waals surface area contributed by atoms with Crippen LogP contribution in [0.15, 0.2) is 12.1 Å². The number of hydrogen-bond donors (Lipinski definition) is 1. The van der Waals surface area contributed by atoms with Crippen LogP contribution in [0.3, 0.4) is 0 Å². The van der Waals surface area contributed by atoms with Gasteiger partial charge in [0, 0.05) is 0 Å². The van der Waals surface area contributed by atoms with E-state index in [1.807, 2.05) is 0 Å². The summed E-state index contributed by atoms with van der Waals surface area (Å²) in [5.74, 6) is 0. The number of aryl methyl sites for hydroxylation is 1. The number of hydrogen-bond acceptors (Lipinski definition) is 2. The summed E-state index contributed by atoms with van der Waals surface area (Å²) in [4.78, 5) is 3.67. The summed E-state index contributed by atoms with van der Waals surface area (Å²) >= 11 is 0. The lowest BCUT2D eigenvalue weighted by molar-refractivity contribution is -0.141. The van der Waals surface area contributed by atoms with Gasteiger partial charge in [-0.1, -0.05) is 6.92 Å². The highest BCUT2D eigenvalue weighted by Gasteiger charge is 2.33. The van der Waals surface area contributed by atoms with E-state index in [-0.39, 0.29) is 5.69 Å². The average Bonchev–Trinajstić information content (AvgIpc) is 2.35. The second-order valence-electron chi connectivity index (χ2n) is 5.86. The summed E-state index contributed by atoms with van der Waals surface area (Å²) in [7, 11) is -1.38. The Morgan fingerprint density at radius 2 is 1.86 bits per heavy atom. The smallest absolute Gasteiger partial charge is 0.247 e. The second kappa shape index (κ2) is 6.44. The molecule has 0 saturated heterocycles. The zero-order chi connectivity index (χ0) is 16.4. The monoisotopic (exact) mass is 322 g/mol. The Morgan fingerprint density at radius 3 is 2.29 bits per heavy atom. The maximum Gasteiger partial charge on any atom is 0.433 e. The number of nitrogens with zero attached hydrogens (tertiary/aromatic N) is 1. The van der Waals surface area contributed by atoms with Crippen molar-refractivity contribution in [2.75, 3.05) is 0 Å². The van der Waals surface area contributed by atoms with Crippen molar-refractivity contribution >= 4 is 11.0 Å². The molecule has 0 aliphatic carbocycles. The van der Waals surface area contributed by atoms with Crippen molar-refractivity contribution in [3.8, 4) is 0 Å². The van der Waals surface area contributed by atoms with Crippen LogP contribution >= 0.6 is 0 Å². The quantitative estimate of drug-likeness (QED) is 0.917. The first-order valence-electron chi connectivity index (χ1n) is 6.71. The van der Waals surface area contributed by atoms with Gasteiger partial charge in [-0.15, -0.1) is 0 Å². The SMILES string of the molecule is CCc1cc([C@@H](C)NS(=O)C(C)(C)C)nc(C(F)(F)F)c1. The molecule has 0 aliphatic rings. The molecule has 1 aromatic heterocycles. The standard InChI is InChI=1S/C14H21F3N2OS/c1-6-10-7-11(18-12(8-10)14(15,16)17)9(2)19-21(20)13(3,4)5/h7-9,19H,6H2,1-5H3/t9-,21?/m1/s1. The van der Waals surface area contributed by atoms with Gasteiger partial charge in [0.1, 0.15) is 5.69 Å². The van der Waals surface area contributed by atoms with Crippen molar-refractivity contribution in [2.45, 2.75) is 58.0 Å². The molecule has 0 radical (unpaired) electrons. The highest BCUT2D eigenvalue weighted by Crippen LogP contribution is 2.30. The van der Waals surface area contributed by atoms with Crippen LogP contribution in [-0.4, -0.2) is 13.9 Å². The van der Waals surface area contributed by atoms with E-state index < -0.39 is 33.6 Å². The van der Waals surface area contributed by atoms with Crippen LogP contribution in [0.4, 0.5) is 13.2 Å². The van der Waals surface area contributed by atoms with Crippen molar-refractivity contribution in [1.29, 1.82) is 0 Å². The molecule has 2 atom stereocenters. The van der Waals surface area contributed by atoms with E-state index in [9.17, 15) is 17.4 Å². The van der Waals surface area contributed by atoms with Crippen LogP contribution in [-0.2, 0) is 23.6 Å². The van der Waals surface area contributed by atoms with Gasteiger partial charge in [-0.3, -0.25) is 0 Å². The molecule has 3 nitrogen and oxygen atoms in total. The third kappa shape index (κ3) is 5.07. The summed E-state index contributed by atoms with van der Waals surface area (Å²) < 4.78 is 52.9. The minimum atomic E-state index is -4.48. The van der Waals surface area contributed by atoms with Crippen LogP contribution in [0.25, 0.3) is 0 Å². The highest BCUT2D eigenvalue weighted by atomic mass is 32.2. The lowest BCUT2D eigenvalue weighted by atomic mass is 10.1. The van der Waals surface area contributed by atoms with Gasteiger partial charge < -0.3 is 0 Å². The molecule has 0 fully saturated rings. The molecule has 1 heterocycles. The van der Waals surface area contributed by atoms with Gasteiger partial charge >= 0.3 is 6.18 Å². The molecule has 0 bridgehead atoms. The van der Waals surface area contributed by atoms with E-state index in [4.69, 9.17) is 0 Å². The van der Waals surface area contributed by atoms with E-state index in [0.717, 1.165) is 6.07 Å². The minimum Gasteiger partial charge on any atom is -0.247 e. The molecule has 0 aromatic carbocycles. The number of nitrogens with one attached hydrogen (secondary N) is 1. The molecule has 0 aliphatic heterocycles. The van der Waals surface area contributed by atoms with Crippen LogP contribution in [0.1, 0.15) is 57.6 Å². The minimum absolute atomic E-state index is 0.249. The van der Waals surface area contributed by atoms with Crippen LogP contribution in [0, 0.1) is 0 Å². The zero-order valence-electron chi connectivity index (χ0n) is 12.8. The molecular formula is C14H21F3N2OS. The topological polar surface area (TPSA) is 42.0 Å². The largest absolute Gasteiger partial charge is 0.433 e. The van der Waals surface area contributed by atoms with Crippen molar-refractivity contribution in [2.24, 2.45) is 0 Å². The molecule has 7 heteroatoms. The third-order valence-corrected chi connectivity index (χ3v) is 4.57. The predicted octanol–water partition coefficient (Wildman–Crippen LogP) is 3.78. The first-order chi connectivity index (χ1) is 9.45. The number of rotatable bonds is 4. The number of halogens is 3. The predicted molar refractivity (Wildman–Crippen MR) is 78.1 cm³/mol. The van der Waals surface area contributed by atoms with Crippen LogP contribution in [0.2, 0.25) is 0 Å². The fourth-order valence-corrected chi connectivity index (χ4v) is 2.38. The highest BCUT2D eigenvalue weighted by molar-refractivity contribution is 7.84. The Morgan fingerprint density at radius 1 is 1.29 bits per heavy atom. The van der Waals surface area contributed by atoms with Crippen molar-refractivity contribution in [1.82, 2.24) is 9.71 Å². The van der Waals surface area contributed by atoms with Crippen molar-refractivity contribution < 1.29 is 17.4 Å². The van der Waals surface area contributed by atoms with Gasteiger partial charge in [0.2, 0.25) is 0 Å². The summed E-state index contributed by atoms with van der Waals surface area (Å²) in [5.41, 5.74) is -0.103. The first-order valence-corrected chi connectivity index (χ1v) is 7.86. The zero-order valence-corrected chi connectivity index (χ0v) is 13.7. The number of aromatic nitrogens is 1. The van der Waals surface area contributed by atoms with Crippen molar-refractivity contribution in [3.63, 3.8) is 0 Å². The fourth-order valence-electron chi connectivity index (χ4n) is 1.58. The van der Waals surface area contributed by atoms with Gasteiger partial charge in [0.15, 0.2) is 0 Å². The van der Waals surface area contributed by atoms with Gasteiger partial charge in [-0.05, 0) is 51.8 Å². The Bertz CT molecular complexity index is 524. The van der Waals surface area contributed by atoms with Crippen LogP contribution < -0.4 is 4.72 Å². The van der Waals surface area contributed by atoms with E-state index in [2.05, 4.69) is 9.71 Å².